The van der Waals surface area contributed by atoms with Gasteiger partial charge in [-0.3, -0.25) is 4.68 Å². The average molecular weight is 354 g/mol. The lowest BCUT2D eigenvalue weighted by Gasteiger charge is -2.16. The Kier molecular flexibility index (Phi) is 6.06. The second kappa shape index (κ2) is 8.04. The number of rotatable bonds is 6. The summed E-state index contributed by atoms with van der Waals surface area (Å²) in [5.41, 5.74) is 0.742. The van der Waals surface area contributed by atoms with E-state index in [-0.39, 0.29) is 0 Å². The fourth-order valence-corrected chi connectivity index (χ4v) is 2.35. The molecule has 1 aromatic heterocycles. The Balaban J connectivity index is 1.78. The van der Waals surface area contributed by atoms with Crippen molar-refractivity contribution < 1.29 is 18.0 Å². The summed E-state index contributed by atoms with van der Waals surface area (Å²) in [6.07, 6.45) is -0.0258. The summed E-state index contributed by atoms with van der Waals surface area (Å²) in [4.78, 5) is 11.9. The van der Waals surface area contributed by atoms with Gasteiger partial charge in [0.1, 0.15) is 0 Å². The normalized spacial score (nSPS) is 12.7. The number of aryl methyl sites for hydroxylation is 2. The predicted octanol–water partition coefficient (Wildman–Crippen LogP) is 3.66. The van der Waals surface area contributed by atoms with Crippen molar-refractivity contribution in [2.75, 3.05) is 6.54 Å². The SMILES string of the molecule is Cc1cnn(CCCNC(=O)NC(C)c2cccc(C(F)(F)F)c2)c1. The zero-order valence-corrected chi connectivity index (χ0v) is 14.1. The molecule has 0 fully saturated rings. The van der Waals surface area contributed by atoms with Gasteiger partial charge in [0, 0.05) is 19.3 Å². The van der Waals surface area contributed by atoms with Gasteiger partial charge in [-0.25, -0.2) is 4.79 Å². The third kappa shape index (κ3) is 5.81. The molecule has 2 N–H and O–H groups in total. The first-order valence-corrected chi connectivity index (χ1v) is 7.96. The van der Waals surface area contributed by atoms with Crippen LogP contribution in [0.25, 0.3) is 0 Å². The molecule has 1 unspecified atom stereocenters. The third-order valence-corrected chi connectivity index (χ3v) is 3.67. The fraction of sp³-hybridized carbons (Fsp3) is 0.412. The monoisotopic (exact) mass is 354 g/mol. The summed E-state index contributed by atoms with van der Waals surface area (Å²) in [6, 6.07) is 4.00. The maximum atomic E-state index is 12.7. The molecule has 2 aromatic rings. The molecule has 8 heteroatoms. The van der Waals surface area contributed by atoms with E-state index in [1.807, 2.05) is 13.1 Å². The molecule has 2 rings (SSSR count). The van der Waals surface area contributed by atoms with E-state index in [4.69, 9.17) is 0 Å². The Morgan fingerprint density at radius 2 is 2.12 bits per heavy atom. The molecule has 0 spiro atoms. The number of nitrogens with zero attached hydrogens (tertiary/aromatic N) is 2. The maximum absolute atomic E-state index is 12.7. The molecule has 0 saturated carbocycles. The van der Waals surface area contributed by atoms with Crippen molar-refractivity contribution in [3.63, 3.8) is 0 Å². The van der Waals surface area contributed by atoms with Gasteiger partial charge in [0.25, 0.3) is 0 Å². The third-order valence-electron chi connectivity index (χ3n) is 3.67. The minimum Gasteiger partial charge on any atom is -0.338 e. The van der Waals surface area contributed by atoms with E-state index in [2.05, 4.69) is 15.7 Å². The number of alkyl halides is 3. The standard InChI is InChI=1S/C17H21F3N4O/c1-12-10-22-24(11-12)8-4-7-21-16(25)23-13(2)14-5-3-6-15(9-14)17(18,19)20/h3,5-6,9-11,13H,4,7-8H2,1-2H3,(H2,21,23,25). The molecule has 0 saturated heterocycles. The summed E-state index contributed by atoms with van der Waals surface area (Å²) in [5, 5.41) is 9.47. The Hall–Kier alpha value is -2.51. The molecule has 0 aliphatic heterocycles. The van der Waals surface area contributed by atoms with E-state index >= 15 is 0 Å². The van der Waals surface area contributed by atoms with Crippen molar-refractivity contribution in [3.8, 4) is 0 Å². The summed E-state index contributed by atoms with van der Waals surface area (Å²) < 4.78 is 40.0. The highest BCUT2D eigenvalue weighted by atomic mass is 19.4. The molecule has 0 aliphatic rings. The van der Waals surface area contributed by atoms with Crippen molar-refractivity contribution in [3.05, 3.63) is 53.3 Å². The summed E-state index contributed by atoms with van der Waals surface area (Å²) in [6.45, 7) is 4.71. The predicted molar refractivity (Wildman–Crippen MR) is 88.0 cm³/mol. The number of hydrogen-bond acceptors (Lipinski definition) is 2. The molecule has 1 atom stereocenters. The Morgan fingerprint density at radius 1 is 1.36 bits per heavy atom. The van der Waals surface area contributed by atoms with Crippen LogP contribution in [0.4, 0.5) is 18.0 Å². The highest BCUT2D eigenvalue weighted by Crippen LogP contribution is 2.30. The van der Waals surface area contributed by atoms with Crippen LogP contribution in [0.2, 0.25) is 0 Å². The van der Waals surface area contributed by atoms with Crippen molar-refractivity contribution in [2.24, 2.45) is 0 Å². The second-order valence-corrected chi connectivity index (χ2v) is 5.88. The first-order valence-electron chi connectivity index (χ1n) is 7.96. The van der Waals surface area contributed by atoms with Crippen LogP contribution < -0.4 is 10.6 Å². The van der Waals surface area contributed by atoms with Gasteiger partial charge in [0.2, 0.25) is 0 Å². The largest absolute Gasteiger partial charge is 0.416 e. The first-order chi connectivity index (χ1) is 11.8. The van der Waals surface area contributed by atoms with Crippen LogP contribution in [-0.4, -0.2) is 22.4 Å². The molecule has 2 amide bonds. The van der Waals surface area contributed by atoms with Crippen LogP contribution in [0, 0.1) is 6.92 Å². The summed E-state index contributed by atoms with van der Waals surface area (Å²) in [7, 11) is 0. The highest BCUT2D eigenvalue weighted by Gasteiger charge is 2.30. The fourth-order valence-electron chi connectivity index (χ4n) is 2.35. The van der Waals surface area contributed by atoms with E-state index in [1.54, 1.807) is 23.9 Å². The van der Waals surface area contributed by atoms with Crippen LogP contribution in [-0.2, 0) is 12.7 Å². The van der Waals surface area contributed by atoms with E-state index in [0.717, 1.165) is 17.7 Å². The molecular formula is C17H21F3N4O. The molecule has 0 aliphatic carbocycles. The number of halogens is 3. The van der Waals surface area contributed by atoms with Gasteiger partial charge in [-0.1, -0.05) is 12.1 Å². The molecule has 0 bridgehead atoms. The molecular weight excluding hydrogens is 333 g/mol. The van der Waals surface area contributed by atoms with Gasteiger partial charge < -0.3 is 10.6 Å². The lowest BCUT2D eigenvalue weighted by molar-refractivity contribution is -0.137. The second-order valence-electron chi connectivity index (χ2n) is 5.88. The van der Waals surface area contributed by atoms with Crippen LogP contribution in [0.1, 0.15) is 36.1 Å². The van der Waals surface area contributed by atoms with Gasteiger partial charge in [-0.2, -0.15) is 18.3 Å². The number of urea groups is 1. The maximum Gasteiger partial charge on any atom is 0.416 e. The van der Waals surface area contributed by atoms with Gasteiger partial charge in [-0.05, 0) is 43.5 Å². The number of carbonyl (C=O) groups is 1. The van der Waals surface area contributed by atoms with Crippen LogP contribution in [0.15, 0.2) is 36.7 Å². The van der Waals surface area contributed by atoms with E-state index < -0.39 is 23.8 Å². The van der Waals surface area contributed by atoms with Gasteiger partial charge in [-0.15, -0.1) is 0 Å². The Labute approximate surface area is 144 Å². The van der Waals surface area contributed by atoms with E-state index in [1.165, 1.54) is 6.07 Å². The minimum atomic E-state index is -4.40. The lowest BCUT2D eigenvalue weighted by Crippen LogP contribution is -2.37. The van der Waals surface area contributed by atoms with Gasteiger partial charge in [0.15, 0.2) is 0 Å². The average Bonchev–Trinajstić information content (AvgIpc) is 2.96. The molecule has 25 heavy (non-hydrogen) atoms. The topological polar surface area (TPSA) is 59.0 Å². The summed E-state index contributed by atoms with van der Waals surface area (Å²) in [5.74, 6) is 0. The van der Waals surface area contributed by atoms with Crippen molar-refractivity contribution >= 4 is 6.03 Å². The van der Waals surface area contributed by atoms with Crippen LogP contribution in [0.5, 0.6) is 0 Å². The lowest BCUT2D eigenvalue weighted by atomic mass is 10.1. The number of hydrogen-bond donors (Lipinski definition) is 2. The van der Waals surface area contributed by atoms with Crippen molar-refractivity contribution in [2.45, 2.75) is 39.0 Å². The summed E-state index contributed by atoms with van der Waals surface area (Å²) >= 11 is 0. The first kappa shape index (κ1) is 18.8. The quantitative estimate of drug-likeness (QED) is 0.778. The number of aromatic nitrogens is 2. The van der Waals surface area contributed by atoms with Gasteiger partial charge >= 0.3 is 12.2 Å². The molecule has 5 nitrogen and oxygen atoms in total. The number of carbonyl (C=O) groups excluding carboxylic acids is 1. The van der Waals surface area contributed by atoms with Crippen LogP contribution in [0.3, 0.4) is 0 Å². The van der Waals surface area contributed by atoms with Crippen molar-refractivity contribution in [1.29, 1.82) is 0 Å². The Morgan fingerprint density at radius 3 is 2.76 bits per heavy atom. The van der Waals surface area contributed by atoms with E-state index in [9.17, 15) is 18.0 Å². The highest BCUT2D eigenvalue weighted by molar-refractivity contribution is 5.74. The van der Waals surface area contributed by atoms with Gasteiger partial charge in [0.05, 0.1) is 17.8 Å². The number of nitrogens with one attached hydrogen (secondary N) is 2. The van der Waals surface area contributed by atoms with E-state index in [0.29, 0.717) is 25.1 Å². The minimum absolute atomic E-state index is 0.400. The molecule has 136 valence electrons. The number of benzene rings is 1. The molecule has 1 heterocycles. The Bertz CT molecular complexity index is 712. The number of amides is 2. The van der Waals surface area contributed by atoms with Crippen molar-refractivity contribution in [1.82, 2.24) is 20.4 Å². The molecule has 1 aromatic carbocycles. The zero-order valence-electron chi connectivity index (χ0n) is 14.1. The smallest absolute Gasteiger partial charge is 0.338 e. The molecule has 0 radical (unpaired) electrons. The zero-order chi connectivity index (χ0) is 18.4. The van der Waals surface area contributed by atoms with Crippen LogP contribution >= 0.6 is 0 Å².